The quantitative estimate of drug-likeness (QED) is 0.820. The van der Waals surface area contributed by atoms with Gasteiger partial charge in [-0.05, 0) is 31.5 Å². The predicted octanol–water partition coefficient (Wildman–Crippen LogP) is 3.16. The van der Waals surface area contributed by atoms with Gasteiger partial charge in [0.1, 0.15) is 0 Å². The molecule has 22 heavy (non-hydrogen) atoms. The zero-order valence-corrected chi connectivity index (χ0v) is 12.1. The number of nitrogens with one attached hydrogen (secondary N) is 1. The maximum atomic E-state index is 12.5. The first-order valence-electron chi connectivity index (χ1n) is 6.43. The lowest BCUT2D eigenvalue weighted by Gasteiger charge is -2.18. The molecule has 1 aromatic rings. The van der Waals surface area contributed by atoms with Crippen LogP contribution in [0, 0.1) is 5.92 Å². The molecule has 7 heteroatoms. The van der Waals surface area contributed by atoms with Crippen LogP contribution in [0.25, 0.3) is 0 Å². The zero-order chi connectivity index (χ0) is 17.1. The fourth-order valence-corrected chi connectivity index (χ4v) is 1.73. The smallest absolute Gasteiger partial charge is 0.416 e. The molecule has 0 aromatic heterocycles. The van der Waals surface area contributed by atoms with E-state index in [2.05, 4.69) is 11.9 Å². The van der Waals surface area contributed by atoms with Crippen molar-refractivity contribution >= 4 is 11.9 Å². The summed E-state index contributed by atoms with van der Waals surface area (Å²) in [5.74, 6) is -2.76. The standard InChI is InChI=1S/C15H16F3NO3/c1-8(9(2)14(21)22)13(20)19-10(3)11-4-6-12(7-5-11)15(16,17)18/h4-8,10H,2H2,1,3H3,(H,19,20)(H,21,22)/t8?,10-/m0/s1. The third-order valence-electron chi connectivity index (χ3n) is 3.29. The van der Waals surface area contributed by atoms with E-state index in [1.54, 1.807) is 6.92 Å². The van der Waals surface area contributed by atoms with Gasteiger partial charge in [-0.25, -0.2) is 4.79 Å². The van der Waals surface area contributed by atoms with E-state index in [0.717, 1.165) is 12.1 Å². The molecule has 0 saturated carbocycles. The molecule has 0 aliphatic rings. The highest BCUT2D eigenvalue weighted by Gasteiger charge is 2.30. The van der Waals surface area contributed by atoms with Crippen molar-refractivity contribution in [3.05, 3.63) is 47.5 Å². The van der Waals surface area contributed by atoms with Crippen LogP contribution < -0.4 is 5.32 Å². The molecule has 0 saturated heterocycles. The Bertz CT molecular complexity index is 579. The van der Waals surface area contributed by atoms with Gasteiger partial charge < -0.3 is 10.4 Å². The predicted molar refractivity (Wildman–Crippen MR) is 73.9 cm³/mol. The lowest BCUT2D eigenvalue weighted by molar-refractivity contribution is -0.137. The van der Waals surface area contributed by atoms with Gasteiger partial charge in [0.25, 0.3) is 0 Å². The molecule has 0 aliphatic heterocycles. The monoisotopic (exact) mass is 315 g/mol. The van der Waals surface area contributed by atoms with Crippen LogP contribution in [-0.2, 0) is 15.8 Å². The van der Waals surface area contributed by atoms with E-state index in [-0.39, 0.29) is 5.57 Å². The van der Waals surface area contributed by atoms with Crippen LogP contribution in [0.1, 0.15) is 31.0 Å². The van der Waals surface area contributed by atoms with Crippen LogP contribution in [0.2, 0.25) is 0 Å². The van der Waals surface area contributed by atoms with Crippen LogP contribution in [0.4, 0.5) is 13.2 Å². The molecule has 0 fully saturated rings. The molecular weight excluding hydrogens is 299 g/mol. The van der Waals surface area contributed by atoms with E-state index < -0.39 is 35.6 Å². The number of halogens is 3. The second-order valence-corrected chi connectivity index (χ2v) is 4.90. The van der Waals surface area contributed by atoms with Crippen LogP contribution in [0.5, 0.6) is 0 Å². The topological polar surface area (TPSA) is 66.4 Å². The first-order valence-corrected chi connectivity index (χ1v) is 6.43. The van der Waals surface area contributed by atoms with Gasteiger partial charge in [-0.15, -0.1) is 0 Å². The molecule has 1 amide bonds. The number of rotatable bonds is 5. The van der Waals surface area contributed by atoms with Gasteiger partial charge in [0.2, 0.25) is 5.91 Å². The van der Waals surface area contributed by atoms with Crippen LogP contribution in [0.15, 0.2) is 36.4 Å². The summed E-state index contributed by atoms with van der Waals surface area (Å²) in [7, 11) is 0. The molecule has 0 aliphatic carbocycles. The Morgan fingerprint density at radius 3 is 2.09 bits per heavy atom. The highest BCUT2D eigenvalue weighted by atomic mass is 19.4. The molecule has 1 unspecified atom stereocenters. The van der Waals surface area contributed by atoms with E-state index in [1.165, 1.54) is 19.1 Å². The van der Waals surface area contributed by atoms with Crippen molar-refractivity contribution in [2.45, 2.75) is 26.1 Å². The first kappa shape index (κ1) is 17.7. The number of aliphatic carboxylic acids is 1. The van der Waals surface area contributed by atoms with Crippen LogP contribution in [0.3, 0.4) is 0 Å². The molecule has 1 rings (SSSR count). The highest BCUT2D eigenvalue weighted by Crippen LogP contribution is 2.29. The molecule has 1 aromatic carbocycles. The number of carboxylic acids is 1. The van der Waals surface area contributed by atoms with Crippen molar-refractivity contribution in [2.75, 3.05) is 0 Å². The number of hydrogen-bond acceptors (Lipinski definition) is 2. The molecule has 0 radical (unpaired) electrons. The normalized spacial score (nSPS) is 14.0. The Balaban J connectivity index is 2.77. The lowest BCUT2D eigenvalue weighted by Crippen LogP contribution is -2.33. The summed E-state index contributed by atoms with van der Waals surface area (Å²) in [5, 5.41) is 11.3. The molecule has 2 N–H and O–H groups in total. The zero-order valence-electron chi connectivity index (χ0n) is 12.1. The summed E-state index contributed by atoms with van der Waals surface area (Å²) in [6.45, 7) is 6.30. The Kier molecular flexibility index (Phi) is 5.35. The fourth-order valence-electron chi connectivity index (χ4n) is 1.73. The van der Waals surface area contributed by atoms with Gasteiger partial charge >= 0.3 is 12.1 Å². The Hall–Kier alpha value is -2.31. The number of carboxylic acid groups (broad SMARTS) is 1. The van der Waals surface area contributed by atoms with Gasteiger partial charge in [-0.1, -0.05) is 18.7 Å². The highest BCUT2D eigenvalue weighted by molar-refractivity contribution is 5.95. The van der Waals surface area contributed by atoms with E-state index in [4.69, 9.17) is 5.11 Å². The Morgan fingerprint density at radius 1 is 1.18 bits per heavy atom. The van der Waals surface area contributed by atoms with Crippen molar-refractivity contribution in [2.24, 2.45) is 5.92 Å². The SMILES string of the molecule is C=C(C(=O)O)C(C)C(=O)N[C@@H](C)c1ccc(C(F)(F)F)cc1. The molecular formula is C15H16F3NO3. The van der Waals surface area contributed by atoms with E-state index >= 15 is 0 Å². The van der Waals surface area contributed by atoms with Crippen molar-refractivity contribution in [1.82, 2.24) is 5.32 Å². The minimum absolute atomic E-state index is 0.253. The van der Waals surface area contributed by atoms with E-state index in [0.29, 0.717) is 5.56 Å². The minimum Gasteiger partial charge on any atom is -0.478 e. The molecule has 120 valence electrons. The molecule has 0 bridgehead atoms. The van der Waals surface area contributed by atoms with Crippen molar-refractivity contribution in [1.29, 1.82) is 0 Å². The van der Waals surface area contributed by atoms with Crippen molar-refractivity contribution < 1.29 is 27.9 Å². The van der Waals surface area contributed by atoms with Crippen molar-refractivity contribution in [3.8, 4) is 0 Å². The largest absolute Gasteiger partial charge is 0.478 e. The van der Waals surface area contributed by atoms with Crippen molar-refractivity contribution in [3.63, 3.8) is 0 Å². The van der Waals surface area contributed by atoms with E-state index in [1.807, 2.05) is 0 Å². The van der Waals surface area contributed by atoms with Crippen LogP contribution >= 0.6 is 0 Å². The van der Waals surface area contributed by atoms with Gasteiger partial charge in [0.05, 0.1) is 17.5 Å². The average Bonchev–Trinajstić information content (AvgIpc) is 2.44. The third-order valence-corrected chi connectivity index (χ3v) is 3.29. The van der Waals surface area contributed by atoms with Gasteiger partial charge in [-0.2, -0.15) is 13.2 Å². The summed E-state index contributed by atoms with van der Waals surface area (Å²) < 4.78 is 37.4. The maximum absolute atomic E-state index is 12.5. The average molecular weight is 315 g/mol. The summed E-state index contributed by atoms with van der Waals surface area (Å²) in [4.78, 5) is 22.6. The number of carbonyl (C=O) groups excluding carboxylic acids is 1. The summed E-state index contributed by atoms with van der Waals surface area (Å²) in [6.07, 6.45) is -4.42. The molecule has 4 nitrogen and oxygen atoms in total. The third kappa shape index (κ3) is 4.34. The van der Waals surface area contributed by atoms with Gasteiger partial charge in [0, 0.05) is 5.57 Å². The summed E-state index contributed by atoms with van der Waals surface area (Å²) in [6, 6.07) is 3.84. The molecule has 0 heterocycles. The van der Waals surface area contributed by atoms with E-state index in [9.17, 15) is 22.8 Å². The number of hydrogen-bond donors (Lipinski definition) is 2. The summed E-state index contributed by atoms with van der Waals surface area (Å²) in [5.41, 5.74) is -0.547. The van der Waals surface area contributed by atoms with Gasteiger partial charge in [0.15, 0.2) is 0 Å². The molecule has 0 spiro atoms. The number of carbonyl (C=O) groups is 2. The Morgan fingerprint density at radius 2 is 1.68 bits per heavy atom. The van der Waals surface area contributed by atoms with Crippen LogP contribution in [-0.4, -0.2) is 17.0 Å². The minimum atomic E-state index is -4.42. The number of amides is 1. The Labute approximate surface area is 125 Å². The summed E-state index contributed by atoms with van der Waals surface area (Å²) >= 11 is 0. The first-order chi connectivity index (χ1) is 10.0. The second-order valence-electron chi connectivity index (χ2n) is 4.90. The maximum Gasteiger partial charge on any atom is 0.416 e. The van der Waals surface area contributed by atoms with Gasteiger partial charge in [-0.3, -0.25) is 4.79 Å². The lowest BCUT2D eigenvalue weighted by atomic mass is 10.0. The fraction of sp³-hybridized carbons (Fsp3) is 0.333. The number of alkyl halides is 3. The molecule has 2 atom stereocenters. The number of benzene rings is 1. The second kappa shape index (κ2) is 6.64.